The number of hydrogen-bond donors (Lipinski definition) is 0. The molecule has 0 aliphatic heterocycles. The molecule has 0 amide bonds. The van der Waals surface area contributed by atoms with Crippen LogP contribution in [0.2, 0.25) is 0 Å². The second-order valence-corrected chi connectivity index (χ2v) is 12.2. The molecule has 0 bridgehead atoms. The molecule has 6 nitrogen and oxygen atoms in total. The Hall–Kier alpha value is -6.92. The van der Waals surface area contributed by atoms with Crippen LogP contribution >= 0.6 is 0 Å². The lowest BCUT2D eigenvalue weighted by molar-refractivity contribution is 0.623. The predicted octanol–water partition coefficient (Wildman–Crippen LogP) is 11.4. The van der Waals surface area contributed by atoms with Crippen LogP contribution < -0.4 is 0 Å². The molecule has 50 heavy (non-hydrogen) atoms. The Kier molecular flexibility index (Phi) is 6.39. The molecule has 0 atom stereocenters. The van der Waals surface area contributed by atoms with Gasteiger partial charge in [-0.2, -0.15) is 0 Å². The summed E-state index contributed by atoms with van der Waals surface area (Å²) in [5.74, 6) is 2.24. The molecule has 0 aliphatic carbocycles. The van der Waals surface area contributed by atoms with Gasteiger partial charge in [-0.05, 0) is 52.9 Å². The van der Waals surface area contributed by atoms with Gasteiger partial charge in [-0.3, -0.25) is 0 Å². The number of oxazole rings is 1. The van der Waals surface area contributed by atoms with Crippen LogP contribution in [0.1, 0.15) is 0 Å². The Morgan fingerprint density at radius 2 is 1.00 bits per heavy atom. The van der Waals surface area contributed by atoms with Crippen molar-refractivity contribution in [3.05, 3.63) is 158 Å². The maximum absolute atomic E-state index is 6.54. The Balaban J connectivity index is 1.27. The van der Waals surface area contributed by atoms with Gasteiger partial charge < -0.3 is 8.83 Å². The zero-order chi connectivity index (χ0) is 33.0. The minimum Gasteiger partial charge on any atom is -0.456 e. The quantitative estimate of drug-likeness (QED) is 0.186. The SMILES string of the molecule is c1ccc(-c2ccc3c(-c4nc(-c5ccccc5)nc(-c5cccc6oc7ccccc7c56)n4)cc4nc(-c5ccccc5)oc4c3c2)cc1. The Morgan fingerprint density at radius 3 is 1.78 bits per heavy atom. The van der Waals surface area contributed by atoms with Crippen molar-refractivity contribution < 1.29 is 8.83 Å². The van der Waals surface area contributed by atoms with Gasteiger partial charge in [-0.25, -0.2) is 19.9 Å². The van der Waals surface area contributed by atoms with Gasteiger partial charge in [0.25, 0.3) is 0 Å². The Labute approximate surface area is 286 Å². The number of para-hydroxylation sites is 1. The van der Waals surface area contributed by atoms with E-state index in [1.807, 2.05) is 103 Å². The highest BCUT2D eigenvalue weighted by atomic mass is 16.3. The normalized spacial score (nSPS) is 11.6. The largest absolute Gasteiger partial charge is 0.456 e. The first-order valence-corrected chi connectivity index (χ1v) is 16.5. The van der Waals surface area contributed by atoms with Crippen LogP contribution in [0.15, 0.2) is 167 Å². The number of hydrogen-bond acceptors (Lipinski definition) is 6. The fourth-order valence-corrected chi connectivity index (χ4v) is 6.80. The van der Waals surface area contributed by atoms with Crippen molar-refractivity contribution >= 4 is 43.8 Å². The molecule has 0 N–H and O–H groups in total. The van der Waals surface area contributed by atoms with Crippen LogP contribution in [-0.4, -0.2) is 19.9 Å². The van der Waals surface area contributed by atoms with E-state index in [1.165, 1.54) is 0 Å². The summed E-state index contributed by atoms with van der Waals surface area (Å²) in [6.07, 6.45) is 0. The highest BCUT2D eigenvalue weighted by molar-refractivity contribution is 6.13. The smallest absolute Gasteiger partial charge is 0.227 e. The Morgan fingerprint density at radius 1 is 0.360 bits per heavy atom. The lowest BCUT2D eigenvalue weighted by Gasteiger charge is -2.12. The lowest BCUT2D eigenvalue weighted by atomic mass is 9.97. The summed E-state index contributed by atoms with van der Waals surface area (Å²) in [6.45, 7) is 0. The summed E-state index contributed by atoms with van der Waals surface area (Å²) in [5, 5.41) is 3.87. The highest BCUT2D eigenvalue weighted by Crippen LogP contribution is 2.40. The summed E-state index contributed by atoms with van der Waals surface area (Å²) in [4.78, 5) is 20.4. The third-order valence-corrected chi connectivity index (χ3v) is 9.17. The zero-order valence-electron chi connectivity index (χ0n) is 26.6. The van der Waals surface area contributed by atoms with E-state index >= 15 is 0 Å². The average Bonchev–Trinajstić information content (AvgIpc) is 3.81. The second-order valence-electron chi connectivity index (χ2n) is 12.2. The van der Waals surface area contributed by atoms with Crippen LogP contribution in [-0.2, 0) is 0 Å². The highest BCUT2D eigenvalue weighted by Gasteiger charge is 2.21. The molecule has 7 aromatic carbocycles. The fraction of sp³-hybridized carbons (Fsp3) is 0. The molecule has 0 saturated heterocycles. The average molecular weight is 643 g/mol. The summed E-state index contributed by atoms with van der Waals surface area (Å²) in [5.41, 5.74) is 8.75. The molecule has 10 rings (SSSR count). The first-order valence-electron chi connectivity index (χ1n) is 16.5. The number of nitrogens with zero attached hydrogens (tertiary/aromatic N) is 4. The van der Waals surface area contributed by atoms with Crippen LogP contribution in [0.4, 0.5) is 0 Å². The van der Waals surface area contributed by atoms with Crippen LogP contribution in [0.3, 0.4) is 0 Å². The van der Waals surface area contributed by atoms with Crippen LogP contribution in [0, 0.1) is 0 Å². The van der Waals surface area contributed by atoms with Crippen molar-refractivity contribution in [2.24, 2.45) is 0 Å². The van der Waals surface area contributed by atoms with E-state index in [4.69, 9.17) is 28.8 Å². The summed E-state index contributed by atoms with van der Waals surface area (Å²) in [6, 6.07) is 52.9. The van der Waals surface area contributed by atoms with E-state index in [2.05, 4.69) is 54.6 Å². The lowest BCUT2D eigenvalue weighted by Crippen LogP contribution is -2.01. The Bertz CT molecular complexity index is 2860. The third kappa shape index (κ3) is 4.65. The number of benzene rings is 7. The number of rotatable bonds is 5. The second kappa shape index (κ2) is 11.4. The van der Waals surface area contributed by atoms with Crippen molar-refractivity contribution in [3.63, 3.8) is 0 Å². The van der Waals surface area contributed by atoms with E-state index in [9.17, 15) is 0 Å². The van der Waals surface area contributed by atoms with E-state index in [1.54, 1.807) is 0 Å². The van der Waals surface area contributed by atoms with Gasteiger partial charge in [0, 0.05) is 38.4 Å². The van der Waals surface area contributed by atoms with E-state index < -0.39 is 0 Å². The molecule has 0 saturated carbocycles. The topological polar surface area (TPSA) is 77.8 Å². The summed E-state index contributed by atoms with van der Waals surface area (Å²) >= 11 is 0. The molecule has 3 heterocycles. The van der Waals surface area contributed by atoms with Crippen molar-refractivity contribution in [2.75, 3.05) is 0 Å². The minimum atomic E-state index is 0.544. The monoisotopic (exact) mass is 642 g/mol. The van der Waals surface area contributed by atoms with Gasteiger partial charge in [0.15, 0.2) is 23.1 Å². The maximum Gasteiger partial charge on any atom is 0.227 e. The molecular formula is C44H26N4O2. The van der Waals surface area contributed by atoms with Gasteiger partial charge >= 0.3 is 0 Å². The molecular weight excluding hydrogens is 617 g/mol. The molecule has 6 heteroatoms. The molecule has 0 fully saturated rings. The van der Waals surface area contributed by atoms with Gasteiger partial charge in [0.05, 0.1) is 0 Å². The van der Waals surface area contributed by atoms with E-state index in [0.29, 0.717) is 28.9 Å². The summed E-state index contributed by atoms with van der Waals surface area (Å²) in [7, 11) is 0. The standard InChI is InChI=1S/C44H26N4O2/c1-4-13-27(14-5-1)30-23-24-31-34(25-30)40-36(45-44(50-40)29-17-8-3-9-18-29)26-35(31)43-47-41(28-15-6-2-7-16-28)46-42(48-43)33-20-12-22-38-39(33)32-19-10-11-21-37(32)49-38/h1-26H. The number of aromatic nitrogens is 4. The molecule has 234 valence electrons. The van der Waals surface area contributed by atoms with E-state index in [0.717, 1.165) is 71.6 Å². The molecule has 0 unspecified atom stereocenters. The van der Waals surface area contributed by atoms with Crippen LogP contribution in [0.5, 0.6) is 0 Å². The van der Waals surface area contributed by atoms with Gasteiger partial charge in [0.2, 0.25) is 5.89 Å². The number of fused-ring (bicyclic) bond motifs is 6. The van der Waals surface area contributed by atoms with Crippen molar-refractivity contribution in [3.8, 4) is 56.7 Å². The van der Waals surface area contributed by atoms with E-state index in [-0.39, 0.29) is 0 Å². The fourth-order valence-electron chi connectivity index (χ4n) is 6.80. The third-order valence-electron chi connectivity index (χ3n) is 9.17. The first kappa shape index (κ1) is 28.1. The minimum absolute atomic E-state index is 0.544. The van der Waals surface area contributed by atoms with Crippen molar-refractivity contribution in [1.29, 1.82) is 0 Å². The molecule has 10 aromatic rings. The molecule has 0 radical (unpaired) electrons. The maximum atomic E-state index is 6.54. The molecule has 3 aromatic heterocycles. The predicted molar refractivity (Wildman–Crippen MR) is 199 cm³/mol. The molecule has 0 aliphatic rings. The van der Waals surface area contributed by atoms with Gasteiger partial charge in [-0.15, -0.1) is 0 Å². The van der Waals surface area contributed by atoms with Gasteiger partial charge in [-0.1, -0.05) is 121 Å². The van der Waals surface area contributed by atoms with Crippen molar-refractivity contribution in [1.82, 2.24) is 19.9 Å². The summed E-state index contributed by atoms with van der Waals surface area (Å²) < 4.78 is 12.8. The van der Waals surface area contributed by atoms with Crippen LogP contribution in [0.25, 0.3) is 101 Å². The number of furan rings is 1. The van der Waals surface area contributed by atoms with Gasteiger partial charge in [0.1, 0.15) is 16.7 Å². The van der Waals surface area contributed by atoms with Crippen molar-refractivity contribution in [2.45, 2.75) is 0 Å². The zero-order valence-corrected chi connectivity index (χ0v) is 26.6. The molecule has 0 spiro atoms. The first-order chi connectivity index (χ1) is 24.8.